The van der Waals surface area contributed by atoms with E-state index in [1.54, 1.807) is 13.8 Å². The number of esters is 1. The molecule has 0 aromatic heterocycles. The minimum atomic E-state index is -4.75. The first-order chi connectivity index (χ1) is 18.3. The van der Waals surface area contributed by atoms with Gasteiger partial charge < -0.3 is 19.5 Å². The summed E-state index contributed by atoms with van der Waals surface area (Å²) in [4.78, 5) is 12.5. The molecule has 9 atom stereocenters. The summed E-state index contributed by atoms with van der Waals surface area (Å²) in [5.41, 5.74) is 1.77. The second-order valence-electron chi connectivity index (χ2n) is 14.5. The number of ether oxygens (including phenoxy) is 1. The molecule has 7 nitrogen and oxygen atoms in total. The summed E-state index contributed by atoms with van der Waals surface area (Å²) in [6.07, 6.45) is 3.01. The van der Waals surface area contributed by atoms with Gasteiger partial charge in [-0.25, -0.2) is 8.42 Å². The normalized spacial score (nSPS) is 38.7. The number of hydrogen-bond acceptors (Lipinski definition) is 7. The fraction of sp³-hybridized carbons (Fsp3) is 0.781. The zero-order valence-electron chi connectivity index (χ0n) is 26.5. The van der Waals surface area contributed by atoms with Crippen molar-refractivity contribution >= 4 is 16.1 Å². The van der Waals surface area contributed by atoms with Gasteiger partial charge in [0.25, 0.3) is 0 Å². The first kappa shape index (κ1) is 35.0. The number of carbonyl (C=O) groups is 1. The minimum Gasteiger partial charge on any atom is -0.748 e. The van der Waals surface area contributed by atoms with Crippen LogP contribution in [0, 0.1) is 39.9 Å². The van der Waals surface area contributed by atoms with Crippen LogP contribution in [0.2, 0.25) is 0 Å². The molecule has 0 spiro atoms. The fourth-order valence-corrected chi connectivity index (χ4v) is 11.0. The van der Waals surface area contributed by atoms with E-state index in [2.05, 4.69) is 40.3 Å². The van der Waals surface area contributed by atoms with Crippen molar-refractivity contribution in [3.63, 3.8) is 0 Å². The summed E-state index contributed by atoms with van der Waals surface area (Å²) in [5.74, 6) is 0.155. The number of aliphatic hydroxyl groups is 2. The Balaban J connectivity index is 0.00000462. The molecule has 1 saturated carbocycles. The van der Waals surface area contributed by atoms with Gasteiger partial charge in [0.2, 0.25) is 0 Å². The predicted molar refractivity (Wildman–Crippen MR) is 154 cm³/mol. The Labute approximate surface area is 269 Å². The van der Waals surface area contributed by atoms with Crippen LogP contribution in [0.5, 0.6) is 0 Å². The fourth-order valence-electron chi connectivity index (χ4n) is 9.61. The van der Waals surface area contributed by atoms with Crippen LogP contribution in [0.25, 0.3) is 0 Å². The Hall–Kier alpha value is -0.480. The Morgan fingerprint density at radius 2 is 1.80 bits per heavy atom. The van der Waals surface area contributed by atoms with Gasteiger partial charge >= 0.3 is 35.5 Å². The van der Waals surface area contributed by atoms with Crippen molar-refractivity contribution < 1.29 is 62.3 Å². The third kappa shape index (κ3) is 5.62. The van der Waals surface area contributed by atoms with Crippen LogP contribution in [0.1, 0.15) is 93.9 Å². The number of fused-ring (bicyclic) bond motifs is 4. The first-order valence-corrected chi connectivity index (χ1v) is 16.4. The molecule has 9 heteroatoms. The van der Waals surface area contributed by atoms with Gasteiger partial charge in [-0.05, 0) is 89.7 Å². The third-order valence-corrected chi connectivity index (χ3v) is 13.0. The van der Waals surface area contributed by atoms with Crippen molar-refractivity contribution in [2.75, 3.05) is 0 Å². The van der Waals surface area contributed by atoms with Crippen molar-refractivity contribution in [2.24, 2.45) is 39.9 Å². The molecule has 226 valence electrons. The molecule has 0 saturated heterocycles. The topological polar surface area (TPSA) is 124 Å². The average molecular weight is 601 g/mol. The molecular formula is C32H49NaO7S. The quantitative estimate of drug-likeness (QED) is 0.199. The molecule has 4 rings (SSSR count). The van der Waals surface area contributed by atoms with Crippen molar-refractivity contribution in [3.05, 3.63) is 34.9 Å². The first-order valence-electron chi connectivity index (χ1n) is 14.9. The van der Waals surface area contributed by atoms with Gasteiger partial charge in [-0.2, -0.15) is 0 Å². The van der Waals surface area contributed by atoms with Gasteiger partial charge in [-0.1, -0.05) is 66.7 Å². The van der Waals surface area contributed by atoms with Gasteiger partial charge in [0, 0.05) is 12.3 Å². The number of rotatable bonds is 7. The SMILES string of the molecule is C=C(CC[C@@H](C)[C@H]1CC=C2C3=C([C@H](O)[C@@H](OC(C)=O)[C@@]21C)[C@@]1(C)C[C@@H](O)[C@H](S(=O)(=O)[O-])C(C)(C)[C@@H]1CC3)C(C)C.[Na+]. The van der Waals surface area contributed by atoms with E-state index < -0.39 is 55.9 Å². The summed E-state index contributed by atoms with van der Waals surface area (Å²) in [6.45, 7) is 19.8. The molecule has 0 radical (unpaired) electrons. The Kier molecular flexibility index (Phi) is 10.1. The van der Waals surface area contributed by atoms with Gasteiger partial charge in [-0.15, -0.1) is 0 Å². The maximum absolute atomic E-state index is 12.5. The largest absolute Gasteiger partial charge is 1.00 e. The van der Waals surface area contributed by atoms with Crippen LogP contribution in [0.4, 0.5) is 0 Å². The molecule has 4 aliphatic rings. The molecule has 4 aliphatic carbocycles. The molecule has 1 fully saturated rings. The minimum absolute atomic E-state index is 0. The molecule has 0 amide bonds. The maximum atomic E-state index is 12.5. The zero-order valence-corrected chi connectivity index (χ0v) is 29.3. The molecule has 0 aromatic rings. The van der Waals surface area contributed by atoms with E-state index in [1.165, 1.54) is 12.5 Å². The van der Waals surface area contributed by atoms with Gasteiger partial charge in [-0.3, -0.25) is 4.79 Å². The van der Waals surface area contributed by atoms with E-state index in [0.29, 0.717) is 24.7 Å². The second-order valence-corrected chi connectivity index (χ2v) is 15.9. The molecule has 41 heavy (non-hydrogen) atoms. The van der Waals surface area contributed by atoms with E-state index in [-0.39, 0.29) is 47.8 Å². The Morgan fingerprint density at radius 3 is 2.34 bits per heavy atom. The van der Waals surface area contributed by atoms with E-state index in [0.717, 1.165) is 36.0 Å². The van der Waals surface area contributed by atoms with Gasteiger partial charge in [0.15, 0.2) is 0 Å². The molecule has 0 bridgehead atoms. The van der Waals surface area contributed by atoms with E-state index >= 15 is 0 Å². The number of aliphatic hydroxyl groups excluding tert-OH is 2. The third-order valence-electron chi connectivity index (χ3n) is 11.5. The van der Waals surface area contributed by atoms with Crippen molar-refractivity contribution in [3.8, 4) is 0 Å². The van der Waals surface area contributed by atoms with Crippen LogP contribution in [-0.4, -0.2) is 52.7 Å². The molecule has 0 aliphatic heterocycles. The van der Waals surface area contributed by atoms with Crippen LogP contribution in [0.3, 0.4) is 0 Å². The summed E-state index contributed by atoms with van der Waals surface area (Å²) in [5, 5.41) is 21.9. The van der Waals surface area contributed by atoms with Crippen LogP contribution >= 0.6 is 0 Å². The summed E-state index contributed by atoms with van der Waals surface area (Å²) >= 11 is 0. The Morgan fingerprint density at radius 1 is 1.20 bits per heavy atom. The molecule has 0 unspecified atom stereocenters. The average Bonchev–Trinajstić information content (AvgIpc) is 3.15. The van der Waals surface area contributed by atoms with E-state index in [4.69, 9.17) is 4.74 Å². The molecule has 2 N–H and O–H groups in total. The molecule has 0 heterocycles. The van der Waals surface area contributed by atoms with Gasteiger partial charge in [0.1, 0.15) is 22.3 Å². The Bertz CT molecular complexity index is 1230. The standard InChI is InChI=1S/C32H50O7S.Na/c1-17(2)18(3)10-11-19(4)22-13-14-23-21-12-15-25-30(6,7)29(40(36,37)38)24(34)16-31(25,8)26(21)27(35)28(32(22,23)9)39-20(5)33;/h14,17,19,22,24-25,27-29,34-35H,3,10-13,15-16H2,1-2,4-9H3,(H,36,37,38);/q;+1/p-1/t19-,22-,24-,25+,27+,28-,29+,31+,32-;/m1./s1. The van der Waals surface area contributed by atoms with Crippen LogP contribution < -0.4 is 29.6 Å². The van der Waals surface area contributed by atoms with Crippen molar-refractivity contribution in [1.82, 2.24) is 0 Å². The monoisotopic (exact) mass is 600 g/mol. The molecular weight excluding hydrogens is 551 g/mol. The van der Waals surface area contributed by atoms with Crippen LogP contribution in [0.15, 0.2) is 34.9 Å². The number of allylic oxidation sites excluding steroid dienone is 3. The van der Waals surface area contributed by atoms with E-state index in [9.17, 15) is 28.0 Å². The smallest absolute Gasteiger partial charge is 0.748 e. The second kappa shape index (κ2) is 11.8. The van der Waals surface area contributed by atoms with Crippen molar-refractivity contribution in [2.45, 2.75) is 117 Å². The predicted octanol–water partition coefficient (Wildman–Crippen LogP) is 2.30. The van der Waals surface area contributed by atoms with Crippen LogP contribution in [-0.2, 0) is 19.6 Å². The summed E-state index contributed by atoms with van der Waals surface area (Å²) < 4.78 is 42.9. The zero-order chi connectivity index (χ0) is 30.2. The number of hydrogen-bond donors (Lipinski definition) is 2. The van der Waals surface area contributed by atoms with E-state index in [1.807, 2.05) is 6.92 Å². The maximum Gasteiger partial charge on any atom is 1.00 e. The molecule has 0 aromatic carbocycles. The summed E-state index contributed by atoms with van der Waals surface area (Å²) in [6, 6.07) is 0. The van der Waals surface area contributed by atoms with Crippen molar-refractivity contribution in [1.29, 1.82) is 0 Å². The van der Waals surface area contributed by atoms with Gasteiger partial charge in [0.05, 0.1) is 11.4 Å². The summed E-state index contributed by atoms with van der Waals surface area (Å²) in [7, 11) is -4.75. The number of carbonyl (C=O) groups excluding carboxylic acids is 1.